The van der Waals surface area contributed by atoms with E-state index in [4.69, 9.17) is 0 Å². The molecule has 0 atom stereocenters. The van der Waals surface area contributed by atoms with Crippen LogP contribution in [0.2, 0.25) is 0 Å². The molecule has 5 nitrogen and oxygen atoms in total. The zero-order valence-corrected chi connectivity index (χ0v) is 13.2. The maximum Gasteiger partial charge on any atom is 0.224 e. The number of carbonyl (C=O) groups excluding carboxylic acids is 2. The van der Waals surface area contributed by atoms with Crippen LogP contribution < -0.4 is 5.32 Å². The molecule has 1 aromatic carbocycles. The molecule has 0 unspecified atom stereocenters. The topological polar surface area (TPSA) is 72.0 Å². The number of nitrogens with zero attached hydrogens (tertiary/aromatic N) is 2. The van der Waals surface area contributed by atoms with Gasteiger partial charge in [-0.2, -0.15) is 0 Å². The van der Waals surface area contributed by atoms with E-state index < -0.39 is 0 Å². The van der Waals surface area contributed by atoms with Gasteiger partial charge in [0.15, 0.2) is 10.1 Å². The zero-order valence-electron chi connectivity index (χ0n) is 11.5. The lowest BCUT2D eigenvalue weighted by Crippen LogP contribution is -2.10. The van der Waals surface area contributed by atoms with Crippen molar-refractivity contribution in [2.45, 2.75) is 24.1 Å². The lowest BCUT2D eigenvalue weighted by Gasteiger charge is -2.05. The largest absolute Gasteiger partial charge is 0.326 e. The van der Waals surface area contributed by atoms with E-state index in [0.717, 1.165) is 10.8 Å². The van der Waals surface area contributed by atoms with Gasteiger partial charge in [-0.1, -0.05) is 30.0 Å². The first-order chi connectivity index (χ1) is 10.2. The Labute approximate surface area is 131 Å². The molecule has 0 saturated carbocycles. The number of aromatic nitrogens is 2. The molecule has 0 fully saturated rings. The maximum atomic E-state index is 12.0. The molecule has 1 aromatic heterocycles. The smallest absolute Gasteiger partial charge is 0.224 e. The standard InChI is InChI=1S/C14H15N3O2S2/c1-2-3-13(19)16-11-6-4-10(5-7-11)12(18)8-20-14-17-15-9-21-14/h4-7,9H,2-3,8H2,1H3,(H,16,19). The maximum absolute atomic E-state index is 12.0. The summed E-state index contributed by atoms with van der Waals surface area (Å²) < 4.78 is 0.784. The van der Waals surface area contributed by atoms with Crippen LogP contribution in [0.25, 0.3) is 0 Å². The number of rotatable bonds is 7. The first kappa shape index (κ1) is 15.7. The number of hydrogen-bond donors (Lipinski definition) is 1. The van der Waals surface area contributed by atoms with E-state index in [1.165, 1.54) is 23.1 Å². The fourth-order valence-electron chi connectivity index (χ4n) is 1.63. The average molecular weight is 321 g/mol. The van der Waals surface area contributed by atoms with Gasteiger partial charge in [-0.25, -0.2) is 0 Å². The van der Waals surface area contributed by atoms with Crippen LogP contribution in [0.15, 0.2) is 34.1 Å². The molecule has 0 saturated heterocycles. The Hall–Kier alpha value is -1.73. The summed E-state index contributed by atoms with van der Waals surface area (Å²) in [4.78, 5) is 23.5. The Morgan fingerprint density at radius 2 is 2.05 bits per heavy atom. The molecular weight excluding hydrogens is 306 g/mol. The minimum absolute atomic E-state index is 0.0107. The van der Waals surface area contributed by atoms with Gasteiger partial charge in [-0.15, -0.1) is 10.2 Å². The van der Waals surface area contributed by atoms with E-state index >= 15 is 0 Å². The summed E-state index contributed by atoms with van der Waals surface area (Å²) >= 11 is 2.79. The minimum Gasteiger partial charge on any atom is -0.326 e. The van der Waals surface area contributed by atoms with Gasteiger partial charge in [0.1, 0.15) is 5.51 Å². The summed E-state index contributed by atoms with van der Waals surface area (Å²) in [6.45, 7) is 1.96. The normalized spacial score (nSPS) is 10.3. The van der Waals surface area contributed by atoms with Gasteiger partial charge in [0.25, 0.3) is 0 Å². The molecule has 0 aliphatic rings. The van der Waals surface area contributed by atoms with Crippen molar-refractivity contribution in [2.24, 2.45) is 0 Å². The van der Waals surface area contributed by atoms with Gasteiger partial charge in [0.05, 0.1) is 5.75 Å². The van der Waals surface area contributed by atoms with Crippen molar-refractivity contribution in [3.8, 4) is 0 Å². The fraction of sp³-hybridized carbons (Fsp3) is 0.286. The van der Waals surface area contributed by atoms with Gasteiger partial charge in [0.2, 0.25) is 5.91 Å². The Morgan fingerprint density at radius 1 is 1.29 bits per heavy atom. The summed E-state index contributed by atoms with van der Waals surface area (Å²) in [5, 5.41) is 10.4. The lowest BCUT2D eigenvalue weighted by molar-refractivity contribution is -0.116. The van der Waals surface area contributed by atoms with Crippen LogP contribution in [0.4, 0.5) is 5.69 Å². The Balaban J connectivity index is 1.88. The first-order valence-corrected chi connectivity index (χ1v) is 8.37. The molecule has 1 N–H and O–H groups in total. The molecule has 21 heavy (non-hydrogen) atoms. The highest BCUT2D eigenvalue weighted by molar-refractivity contribution is 8.01. The highest BCUT2D eigenvalue weighted by Gasteiger charge is 2.08. The zero-order chi connectivity index (χ0) is 15.1. The van der Waals surface area contributed by atoms with E-state index in [0.29, 0.717) is 23.4 Å². The lowest BCUT2D eigenvalue weighted by atomic mass is 10.1. The third-order valence-corrected chi connectivity index (χ3v) is 4.49. The molecule has 1 heterocycles. The number of hydrogen-bond acceptors (Lipinski definition) is 6. The molecule has 2 rings (SSSR count). The van der Waals surface area contributed by atoms with Crippen LogP contribution in [0.3, 0.4) is 0 Å². The van der Waals surface area contributed by atoms with Crippen molar-refractivity contribution in [1.82, 2.24) is 10.2 Å². The number of anilines is 1. The Kier molecular flexibility index (Phi) is 5.89. The third-order valence-electron chi connectivity index (χ3n) is 2.63. The second-order valence-corrected chi connectivity index (χ2v) is 6.35. The van der Waals surface area contributed by atoms with Crippen molar-refractivity contribution < 1.29 is 9.59 Å². The molecule has 2 aromatic rings. The number of nitrogens with one attached hydrogen (secondary N) is 1. The number of amides is 1. The number of benzene rings is 1. The van der Waals surface area contributed by atoms with Crippen LogP contribution >= 0.6 is 23.1 Å². The number of thioether (sulfide) groups is 1. The Morgan fingerprint density at radius 3 is 2.67 bits per heavy atom. The molecule has 7 heteroatoms. The van der Waals surface area contributed by atoms with Crippen LogP contribution in [-0.4, -0.2) is 27.6 Å². The van der Waals surface area contributed by atoms with E-state index in [1.807, 2.05) is 6.92 Å². The van der Waals surface area contributed by atoms with Crippen LogP contribution in [0.5, 0.6) is 0 Å². The molecular formula is C14H15N3O2S2. The number of ketones is 1. The third kappa shape index (κ3) is 4.95. The van der Waals surface area contributed by atoms with Crippen LogP contribution in [0.1, 0.15) is 30.1 Å². The summed E-state index contributed by atoms with van der Waals surface area (Å²) in [6.07, 6.45) is 1.31. The van der Waals surface area contributed by atoms with Crippen molar-refractivity contribution >= 4 is 40.5 Å². The molecule has 0 aliphatic carbocycles. The van der Waals surface area contributed by atoms with Crippen LogP contribution in [-0.2, 0) is 4.79 Å². The SMILES string of the molecule is CCCC(=O)Nc1ccc(C(=O)CSc2nncs2)cc1. The number of carbonyl (C=O) groups is 2. The van der Waals surface area contributed by atoms with Crippen molar-refractivity contribution in [3.63, 3.8) is 0 Å². The summed E-state index contributed by atoms with van der Waals surface area (Å²) in [6, 6.07) is 6.95. The second-order valence-electron chi connectivity index (χ2n) is 4.29. The van der Waals surface area contributed by atoms with Gasteiger partial charge in [0, 0.05) is 17.7 Å². The summed E-state index contributed by atoms with van der Waals surface area (Å²) in [7, 11) is 0. The van der Waals surface area contributed by atoms with Gasteiger partial charge in [-0.05, 0) is 30.7 Å². The minimum atomic E-state index is -0.0107. The molecule has 110 valence electrons. The fourth-order valence-corrected chi connectivity index (χ4v) is 3.01. The summed E-state index contributed by atoms with van der Waals surface area (Å²) in [5.41, 5.74) is 2.97. The average Bonchev–Trinajstić information content (AvgIpc) is 2.99. The monoisotopic (exact) mass is 321 g/mol. The molecule has 0 spiro atoms. The van der Waals surface area contributed by atoms with Crippen LogP contribution in [0, 0.1) is 0 Å². The Bertz CT molecular complexity index is 597. The van der Waals surface area contributed by atoms with Gasteiger partial charge < -0.3 is 5.32 Å². The van der Waals surface area contributed by atoms with Crippen molar-refractivity contribution in [3.05, 3.63) is 35.3 Å². The second kappa shape index (κ2) is 7.90. The molecule has 0 aliphatic heterocycles. The van der Waals surface area contributed by atoms with Gasteiger partial charge in [-0.3, -0.25) is 9.59 Å². The first-order valence-electron chi connectivity index (χ1n) is 6.51. The van der Waals surface area contributed by atoms with E-state index in [-0.39, 0.29) is 11.7 Å². The van der Waals surface area contributed by atoms with Crippen molar-refractivity contribution in [2.75, 3.05) is 11.1 Å². The highest BCUT2D eigenvalue weighted by atomic mass is 32.2. The van der Waals surface area contributed by atoms with E-state index in [1.54, 1.807) is 29.8 Å². The van der Waals surface area contributed by atoms with Gasteiger partial charge >= 0.3 is 0 Å². The molecule has 0 bridgehead atoms. The highest BCUT2D eigenvalue weighted by Crippen LogP contribution is 2.20. The number of Topliss-reactive ketones (excluding diaryl/α,β-unsaturated/α-hetero) is 1. The molecule has 1 amide bonds. The predicted octanol–water partition coefficient (Wildman–Crippen LogP) is 3.25. The van der Waals surface area contributed by atoms with E-state index in [2.05, 4.69) is 15.5 Å². The predicted molar refractivity (Wildman–Crippen MR) is 84.9 cm³/mol. The van der Waals surface area contributed by atoms with E-state index in [9.17, 15) is 9.59 Å². The summed E-state index contributed by atoms with van der Waals surface area (Å²) in [5.74, 6) is 0.349. The quantitative estimate of drug-likeness (QED) is 0.626. The molecule has 0 radical (unpaired) electrons. The van der Waals surface area contributed by atoms with Crippen molar-refractivity contribution in [1.29, 1.82) is 0 Å².